The highest BCUT2D eigenvalue weighted by Crippen LogP contribution is 2.18. The molecule has 0 N–H and O–H groups in total. The maximum atomic E-state index is 11.3. The summed E-state index contributed by atoms with van der Waals surface area (Å²) in [6.07, 6.45) is -0.805. The number of ether oxygens (including phenoxy) is 1. The van der Waals surface area contributed by atoms with Crippen molar-refractivity contribution in [2.75, 3.05) is 7.11 Å². The molecule has 0 fully saturated rings. The van der Waals surface area contributed by atoms with Gasteiger partial charge in [0.1, 0.15) is 5.52 Å². The minimum atomic E-state index is -0.805. The molecule has 0 radical (unpaired) electrons. The predicted molar refractivity (Wildman–Crippen MR) is 53.3 cm³/mol. The van der Waals surface area contributed by atoms with E-state index >= 15 is 0 Å². The van der Waals surface area contributed by atoms with E-state index in [9.17, 15) is 9.59 Å². The highest BCUT2D eigenvalue weighted by Gasteiger charge is 2.16. The van der Waals surface area contributed by atoms with Crippen LogP contribution < -0.4 is 5.76 Å². The Morgan fingerprint density at radius 1 is 1.53 bits per heavy atom. The highest BCUT2D eigenvalue weighted by atomic mass is 35.5. The predicted octanol–water partition coefficient (Wildman–Crippen LogP) is 1.86. The fourth-order valence-corrected chi connectivity index (χ4v) is 1.42. The van der Waals surface area contributed by atoms with Crippen molar-refractivity contribution in [1.82, 2.24) is 4.57 Å². The minimum absolute atomic E-state index is 0.287. The van der Waals surface area contributed by atoms with Crippen LogP contribution in [-0.2, 0) is 4.74 Å². The van der Waals surface area contributed by atoms with E-state index in [4.69, 9.17) is 16.0 Å². The Morgan fingerprint density at radius 3 is 2.93 bits per heavy atom. The van der Waals surface area contributed by atoms with Gasteiger partial charge in [0.2, 0.25) is 0 Å². The third kappa shape index (κ3) is 1.50. The summed E-state index contributed by atoms with van der Waals surface area (Å²) >= 11 is 5.74. The summed E-state index contributed by atoms with van der Waals surface area (Å²) in [4.78, 5) is 22.6. The van der Waals surface area contributed by atoms with Gasteiger partial charge in [-0.05, 0) is 18.2 Å². The number of hydrogen-bond donors (Lipinski definition) is 0. The lowest BCUT2D eigenvalue weighted by Crippen LogP contribution is -2.22. The van der Waals surface area contributed by atoms with Crippen LogP contribution in [0.5, 0.6) is 0 Å². The Labute approximate surface area is 88.8 Å². The number of benzene rings is 1. The zero-order chi connectivity index (χ0) is 11.0. The first-order valence-corrected chi connectivity index (χ1v) is 4.40. The summed E-state index contributed by atoms with van der Waals surface area (Å²) < 4.78 is 10.0. The Hall–Kier alpha value is -1.75. The molecule has 0 aliphatic rings. The van der Waals surface area contributed by atoms with Crippen molar-refractivity contribution in [2.24, 2.45) is 0 Å². The molecule has 0 bridgehead atoms. The van der Waals surface area contributed by atoms with Crippen LogP contribution >= 0.6 is 11.6 Å². The van der Waals surface area contributed by atoms with Crippen molar-refractivity contribution >= 4 is 28.8 Å². The molecule has 1 heterocycles. The molecule has 1 aromatic heterocycles. The van der Waals surface area contributed by atoms with E-state index < -0.39 is 11.8 Å². The van der Waals surface area contributed by atoms with Gasteiger partial charge < -0.3 is 9.15 Å². The van der Waals surface area contributed by atoms with Crippen molar-refractivity contribution in [1.29, 1.82) is 0 Å². The Morgan fingerprint density at radius 2 is 2.27 bits per heavy atom. The second-order valence-electron chi connectivity index (χ2n) is 2.79. The Kier molecular flexibility index (Phi) is 2.24. The third-order valence-corrected chi connectivity index (χ3v) is 2.13. The second-order valence-corrected chi connectivity index (χ2v) is 3.22. The summed E-state index contributed by atoms with van der Waals surface area (Å²) in [6.45, 7) is 0. The van der Waals surface area contributed by atoms with E-state index in [1.165, 1.54) is 19.2 Å². The number of aromatic nitrogens is 1. The lowest BCUT2D eigenvalue weighted by Gasteiger charge is -1.97. The van der Waals surface area contributed by atoms with E-state index in [1.807, 2.05) is 0 Å². The molecule has 2 aromatic rings. The van der Waals surface area contributed by atoms with Crippen LogP contribution in [0, 0.1) is 0 Å². The number of hydrogen-bond acceptors (Lipinski definition) is 4. The summed E-state index contributed by atoms with van der Waals surface area (Å²) in [7, 11) is 1.18. The van der Waals surface area contributed by atoms with Crippen molar-refractivity contribution in [3.8, 4) is 0 Å². The molecule has 0 amide bonds. The molecule has 0 unspecified atom stereocenters. The van der Waals surface area contributed by atoms with E-state index in [2.05, 4.69) is 4.74 Å². The van der Waals surface area contributed by atoms with Gasteiger partial charge in [-0.3, -0.25) is 0 Å². The second kappa shape index (κ2) is 3.43. The molecule has 5 nitrogen and oxygen atoms in total. The number of carbonyl (C=O) groups is 1. The first-order chi connectivity index (χ1) is 7.13. The van der Waals surface area contributed by atoms with E-state index in [1.54, 1.807) is 6.07 Å². The monoisotopic (exact) mass is 227 g/mol. The van der Waals surface area contributed by atoms with Gasteiger partial charge in [-0.15, -0.1) is 0 Å². The van der Waals surface area contributed by atoms with Crippen LogP contribution in [0.3, 0.4) is 0 Å². The number of methoxy groups -OCH3 is 1. The SMILES string of the molecule is COC(=O)n1c(=O)oc2ccc(Cl)cc21. The average Bonchev–Trinajstić information content (AvgIpc) is 2.52. The van der Waals surface area contributed by atoms with Gasteiger partial charge >= 0.3 is 11.8 Å². The van der Waals surface area contributed by atoms with Crippen LogP contribution in [0.25, 0.3) is 11.1 Å². The summed E-state index contributed by atoms with van der Waals surface area (Å²) in [5.41, 5.74) is 0.578. The van der Waals surface area contributed by atoms with Crippen LogP contribution in [-0.4, -0.2) is 17.8 Å². The zero-order valence-corrected chi connectivity index (χ0v) is 8.45. The molecule has 2 rings (SSSR count). The lowest BCUT2D eigenvalue weighted by molar-refractivity contribution is 0.171. The Bertz CT molecular complexity index is 583. The Balaban J connectivity index is 2.82. The largest absolute Gasteiger partial charge is 0.452 e. The average molecular weight is 228 g/mol. The van der Waals surface area contributed by atoms with Crippen molar-refractivity contribution in [2.45, 2.75) is 0 Å². The molecule has 6 heteroatoms. The topological polar surface area (TPSA) is 61.4 Å². The molecule has 0 atom stereocenters. The molecule has 0 saturated heterocycles. The number of carbonyl (C=O) groups excluding carboxylic acids is 1. The normalized spacial score (nSPS) is 10.5. The number of rotatable bonds is 0. The molecule has 15 heavy (non-hydrogen) atoms. The smallest absolute Gasteiger partial charge is 0.429 e. The van der Waals surface area contributed by atoms with E-state index in [0.29, 0.717) is 10.5 Å². The molecule has 0 aliphatic carbocycles. The van der Waals surface area contributed by atoms with Crippen LogP contribution in [0.4, 0.5) is 4.79 Å². The van der Waals surface area contributed by atoms with E-state index in [0.717, 1.165) is 4.57 Å². The molecule has 0 aliphatic heterocycles. The van der Waals surface area contributed by atoms with Gasteiger partial charge in [0, 0.05) is 5.02 Å². The van der Waals surface area contributed by atoms with Gasteiger partial charge in [-0.2, -0.15) is 4.57 Å². The fraction of sp³-hybridized carbons (Fsp3) is 0.111. The number of halogens is 1. The first kappa shape index (κ1) is 9.79. The highest BCUT2D eigenvalue weighted by molar-refractivity contribution is 6.31. The first-order valence-electron chi connectivity index (χ1n) is 4.03. The molecule has 78 valence electrons. The van der Waals surface area contributed by atoms with Gasteiger partial charge in [-0.25, -0.2) is 9.59 Å². The third-order valence-electron chi connectivity index (χ3n) is 1.90. The van der Waals surface area contributed by atoms with Crippen LogP contribution in [0.15, 0.2) is 27.4 Å². The minimum Gasteiger partial charge on any atom is -0.452 e. The summed E-state index contributed by atoms with van der Waals surface area (Å²) in [5.74, 6) is -0.792. The molecule has 0 saturated carbocycles. The maximum absolute atomic E-state index is 11.3. The molecule has 0 spiro atoms. The number of nitrogens with zero attached hydrogens (tertiary/aromatic N) is 1. The van der Waals surface area contributed by atoms with Crippen molar-refractivity contribution in [3.63, 3.8) is 0 Å². The van der Waals surface area contributed by atoms with Gasteiger partial charge in [0.25, 0.3) is 0 Å². The molecule has 1 aromatic carbocycles. The van der Waals surface area contributed by atoms with Crippen molar-refractivity contribution in [3.05, 3.63) is 33.8 Å². The van der Waals surface area contributed by atoms with E-state index in [-0.39, 0.29) is 5.58 Å². The molecular formula is C9H6ClNO4. The summed E-state index contributed by atoms with van der Waals surface area (Å²) in [5, 5.41) is 0.404. The maximum Gasteiger partial charge on any atom is 0.429 e. The van der Waals surface area contributed by atoms with Crippen LogP contribution in [0.2, 0.25) is 5.02 Å². The van der Waals surface area contributed by atoms with Gasteiger partial charge in [0.05, 0.1) is 7.11 Å². The number of fused-ring (bicyclic) bond motifs is 1. The number of oxazole rings is 1. The zero-order valence-electron chi connectivity index (χ0n) is 7.69. The quantitative estimate of drug-likeness (QED) is 0.689. The van der Waals surface area contributed by atoms with Gasteiger partial charge in [-0.1, -0.05) is 11.6 Å². The molecular weight excluding hydrogens is 222 g/mol. The standard InChI is InChI=1S/C9H6ClNO4/c1-14-8(12)11-6-4-5(10)2-3-7(6)15-9(11)13/h2-4H,1H3. The fourth-order valence-electron chi connectivity index (χ4n) is 1.25. The van der Waals surface area contributed by atoms with Gasteiger partial charge in [0.15, 0.2) is 5.58 Å². The van der Waals surface area contributed by atoms with Crippen molar-refractivity contribution < 1.29 is 13.9 Å². The summed E-state index contributed by atoms with van der Waals surface area (Å²) in [6, 6.07) is 4.53. The lowest BCUT2D eigenvalue weighted by atomic mass is 10.3. The van der Waals surface area contributed by atoms with Crippen LogP contribution in [0.1, 0.15) is 0 Å².